The van der Waals surface area contributed by atoms with E-state index in [0.717, 1.165) is 18.9 Å². The maximum absolute atomic E-state index is 4.42. The molecule has 1 aromatic rings. The van der Waals surface area contributed by atoms with Crippen LogP contribution in [0, 0.1) is 0 Å². The molecule has 14 heavy (non-hydrogen) atoms. The highest BCUT2D eigenvalue weighted by Gasteiger charge is 2.20. The molecule has 1 aliphatic heterocycles. The summed E-state index contributed by atoms with van der Waals surface area (Å²) >= 11 is 0. The Morgan fingerprint density at radius 2 is 2.36 bits per heavy atom. The minimum Gasteiger partial charge on any atom is -0.363 e. The van der Waals surface area contributed by atoms with Gasteiger partial charge < -0.3 is 10.2 Å². The lowest BCUT2D eigenvalue weighted by Crippen LogP contribution is -2.16. The van der Waals surface area contributed by atoms with Crippen molar-refractivity contribution >= 4 is 5.82 Å². The number of rotatable bonds is 2. The maximum Gasteiger partial charge on any atom is 0.131 e. The second-order valence-electron chi connectivity index (χ2n) is 4.00. The number of aromatic nitrogens is 1. The quantitative estimate of drug-likeness (QED) is 0.762. The van der Waals surface area contributed by atoms with Crippen LogP contribution >= 0.6 is 0 Å². The lowest BCUT2D eigenvalue weighted by atomic mass is 9.99. The zero-order valence-electron chi connectivity index (χ0n) is 8.83. The van der Waals surface area contributed by atoms with E-state index >= 15 is 0 Å². The zero-order chi connectivity index (χ0) is 9.97. The molecule has 1 atom stereocenters. The van der Waals surface area contributed by atoms with Crippen LogP contribution in [0.5, 0.6) is 0 Å². The van der Waals surface area contributed by atoms with Crippen molar-refractivity contribution in [3.8, 4) is 0 Å². The van der Waals surface area contributed by atoms with Crippen molar-refractivity contribution in [3.63, 3.8) is 0 Å². The molecule has 3 heteroatoms. The van der Waals surface area contributed by atoms with Crippen molar-refractivity contribution in [2.75, 3.05) is 32.1 Å². The topological polar surface area (TPSA) is 28.2 Å². The Hall–Kier alpha value is -1.09. The van der Waals surface area contributed by atoms with E-state index in [0.29, 0.717) is 5.92 Å². The first kappa shape index (κ1) is 9.46. The van der Waals surface area contributed by atoms with Crippen LogP contribution in [-0.2, 0) is 0 Å². The highest BCUT2D eigenvalue weighted by Crippen LogP contribution is 2.28. The van der Waals surface area contributed by atoms with Gasteiger partial charge in [-0.25, -0.2) is 4.98 Å². The van der Waals surface area contributed by atoms with Gasteiger partial charge >= 0.3 is 0 Å². The van der Waals surface area contributed by atoms with Gasteiger partial charge in [0.1, 0.15) is 5.82 Å². The van der Waals surface area contributed by atoms with Gasteiger partial charge in [-0.05, 0) is 24.6 Å². The van der Waals surface area contributed by atoms with Gasteiger partial charge in [-0.1, -0.05) is 6.07 Å². The van der Waals surface area contributed by atoms with E-state index in [1.807, 2.05) is 26.4 Å². The summed E-state index contributed by atoms with van der Waals surface area (Å²) in [6.45, 7) is 2.22. The molecule has 1 fully saturated rings. The summed E-state index contributed by atoms with van der Waals surface area (Å²) in [6, 6.07) is 4.22. The molecule has 0 amide bonds. The number of hydrogen-bond acceptors (Lipinski definition) is 3. The average Bonchev–Trinajstić information content (AvgIpc) is 2.70. The molecule has 0 bridgehead atoms. The Balaban J connectivity index is 2.30. The van der Waals surface area contributed by atoms with Gasteiger partial charge in [0.2, 0.25) is 0 Å². The number of hydrogen-bond donors (Lipinski definition) is 1. The number of pyridine rings is 1. The minimum absolute atomic E-state index is 0.640. The molecule has 0 aromatic carbocycles. The molecule has 2 heterocycles. The Morgan fingerprint density at radius 1 is 1.50 bits per heavy atom. The zero-order valence-corrected chi connectivity index (χ0v) is 8.83. The van der Waals surface area contributed by atoms with Crippen LogP contribution in [0.2, 0.25) is 0 Å². The molecule has 76 valence electrons. The first-order valence-electron chi connectivity index (χ1n) is 5.12. The summed E-state index contributed by atoms with van der Waals surface area (Å²) in [7, 11) is 4.10. The summed E-state index contributed by atoms with van der Waals surface area (Å²) in [5, 5.41) is 3.39. The fourth-order valence-electron chi connectivity index (χ4n) is 2.02. The lowest BCUT2D eigenvalue weighted by Gasteiger charge is -2.19. The molecule has 0 aliphatic carbocycles. The van der Waals surface area contributed by atoms with Crippen molar-refractivity contribution in [1.29, 1.82) is 0 Å². The van der Waals surface area contributed by atoms with Crippen molar-refractivity contribution in [1.82, 2.24) is 10.3 Å². The van der Waals surface area contributed by atoms with E-state index < -0.39 is 0 Å². The summed E-state index contributed by atoms with van der Waals surface area (Å²) in [5.41, 5.74) is 1.38. The molecule has 3 nitrogen and oxygen atoms in total. The van der Waals surface area contributed by atoms with Crippen LogP contribution in [-0.4, -0.2) is 32.2 Å². The van der Waals surface area contributed by atoms with Gasteiger partial charge in [0.15, 0.2) is 0 Å². The second-order valence-corrected chi connectivity index (χ2v) is 4.00. The van der Waals surface area contributed by atoms with Crippen molar-refractivity contribution < 1.29 is 0 Å². The van der Waals surface area contributed by atoms with Crippen molar-refractivity contribution in [3.05, 3.63) is 23.9 Å². The number of anilines is 1. The van der Waals surface area contributed by atoms with Crippen LogP contribution in [0.15, 0.2) is 18.3 Å². The van der Waals surface area contributed by atoms with Gasteiger partial charge in [0, 0.05) is 32.8 Å². The van der Waals surface area contributed by atoms with Gasteiger partial charge in [-0.3, -0.25) is 0 Å². The fraction of sp³-hybridized carbons (Fsp3) is 0.545. The number of nitrogens with zero attached hydrogens (tertiary/aromatic N) is 2. The molecular weight excluding hydrogens is 174 g/mol. The third-order valence-electron chi connectivity index (χ3n) is 2.74. The summed E-state index contributed by atoms with van der Waals surface area (Å²) < 4.78 is 0. The summed E-state index contributed by atoms with van der Waals surface area (Å²) in [5.74, 6) is 1.75. The second kappa shape index (κ2) is 3.96. The normalized spacial score (nSPS) is 21.1. The van der Waals surface area contributed by atoms with E-state index in [-0.39, 0.29) is 0 Å². The largest absolute Gasteiger partial charge is 0.363 e. The molecule has 1 saturated heterocycles. The van der Waals surface area contributed by atoms with Gasteiger partial charge in [-0.15, -0.1) is 0 Å². The standard InChI is InChI=1S/C11H17N3/c1-14(2)11-10(4-3-6-13-11)9-5-7-12-8-9/h3-4,6,9,12H,5,7-8H2,1-2H3. The molecule has 1 unspecified atom stereocenters. The van der Waals surface area contributed by atoms with E-state index in [2.05, 4.69) is 21.3 Å². The molecule has 1 N–H and O–H groups in total. The Kier molecular flexibility index (Phi) is 2.68. The van der Waals surface area contributed by atoms with Gasteiger partial charge in [-0.2, -0.15) is 0 Å². The van der Waals surface area contributed by atoms with E-state index in [1.54, 1.807) is 0 Å². The fourth-order valence-corrected chi connectivity index (χ4v) is 2.02. The lowest BCUT2D eigenvalue weighted by molar-refractivity contribution is 0.755. The van der Waals surface area contributed by atoms with E-state index in [1.165, 1.54) is 12.0 Å². The Bertz CT molecular complexity index is 303. The SMILES string of the molecule is CN(C)c1ncccc1C1CCNC1. The van der Waals surface area contributed by atoms with Crippen LogP contribution in [0.3, 0.4) is 0 Å². The van der Waals surface area contributed by atoms with Crippen LogP contribution in [0.25, 0.3) is 0 Å². The molecule has 0 saturated carbocycles. The van der Waals surface area contributed by atoms with E-state index in [4.69, 9.17) is 0 Å². The molecule has 2 rings (SSSR count). The predicted molar refractivity (Wildman–Crippen MR) is 58.8 cm³/mol. The average molecular weight is 191 g/mol. The molecular formula is C11H17N3. The molecule has 1 aromatic heterocycles. The first-order valence-corrected chi connectivity index (χ1v) is 5.12. The van der Waals surface area contributed by atoms with Crippen molar-refractivity contribution in [2.24, 2.45) is 0 Å². The monoisotopic (exact) mass is 191 g/mol. The summed E-state index contributed by atoms with van der Waals surface area (Å²) in [6.07, 6.45) is 3.09. The third kappa shape index (κ3) is 1.73. The molecule has 0 spiro atoms. The highest BCUT2D eigenvalue weighted by atomic mass is 15.1. The molecule has 1 aliphatic rings. The number of nitrogens with one attached hydrogen (secondary N) is 1. The maximum atomic E-state index is 4.42. The smallest absolute Gasteiger partial charge is 0.131 e. The van der Waals surface area contributed by atoms with Crippen molar-refractivity contribution in [2.45, 2.75) is 12.3 Å². The van der Waals surface area contributed by atoms with Gasteiger partial charge in [0.25, 0.3) is 0 Å². The highest BCUT2D eigenvalue weighted by molar-refractivity contribution is 5.47. The van der Waals surface area contributed by atoms with E-state index in [9.17, 15) is 0 Å². The van der Waals surface area contributed by atoms with Crippen LogP contribution < -0.4 is 10.2 Å². The minimum atomic E-state index is 0.640. The first-order chi connectivity index (χ1) is 6.79. The Morgan fingerprint density at radius 3 is 3.00 bits per heavy atom. The van der Waals surface area contributed by atoms with Gasteiger partial charge in [0.05, 0.1) is 0 Å². The third-order valence-corrected chi connectivity index (χ3v) is 2.74. The van der Waals surface area contributed by atoms with Crippen LogP contribution in [0.1, 0.15) is 17.9 Å². The van der Waals surface area contributed by atoms with Crippen LogP contribution in [0.4, 0.5) is 5.82 Å². The Labute approximate surface area is 85.1 Å². The summed E-state index contributed by atoms with van der Waals surface area (Å²) in [4.78, 5) is 6.51. The predicted octanol–water partition coefficient (Wildman–Crippen LogP) is 1.22. The molecule has 0 radical (unpaired) electrons.